The first-order valence-electron chi connectivity index (χ1n) is 9.13. The summed E-state index contributed by atoms with van der Waals surface area (Å²) in [5.74, 6) is 0.708. The number of amides is 2. The molecule has 1 aliphatic rings. The highest BCUT2D eigenvalue weighted by atomic mass is 16.5. The Labute approximate surface area is 164 Å². The van der Waals surface area contributed by atoms with E-state index in [1.54, 1.807) is 49.6 Å². The largest absolute Gasteiger partial charge is 0.493 e. The second-order valence-electron chi connectivity index (χ2n) is 6.64. The molecule has 2 aromatic rings. The Morgan fingerprint density at radius 1 is 1.07 bits per heavy atom. The van der Waals surface area contributed by atoms with Crippen LogP contribution in [0.4, 0.5) is 5.69 Å². The van der Waals surface area contributed by atoms with Crippen molar-refractivity contribution in [2.24, 2.45) is 0 Å². The number of nitrogens with one attached hydrogen (secondary N) is 2. The van der Waals surface area contributed by atoms with E-state index in [-0.39, 0.29) is 11.8 Å². The van der Waals surface area contributed by atoms with Crippen molar-refractivity contribution in [2.45, 2.75) is 25.3 Å². The lowest BCUT2D eigenvalue weighted by Crippen LogP contribution is -2.25. The monoisotopic (exact) mass is 380 g/mol. The van der Waals surface area contributed by atoms with E-state index < -0.39 is 0 Å². The first kappa shape index (κ1) is 19.5. The Morgan fingerprint density at radius 2 is 1.79 bits per heavy atom. The number of rotatable bonds is 8. The number of hydrogen-bond donors (Lipinski definition) is 2. The van der Waals surface area contributed by atoms with Crippen molar-refractivity contribution in [3.05, 3.63) is 65.7 Å². The van der Waals surface area contributed by atoms with Crippen LogP contribution in [0.1, 0.15) is 39.1 Å². The summed E-state index contributed by atoms with van der Waals surface area (Å²) in [6, 6.07) is 10.5. The predicted molar refractivity (Wildman–Crippen MR) is 108 cm³/mol. The zero-order chi connectivity index (χ0) is 20.1. The number of carbonyl (C=O) groups is 2. The Morgan fingerprint density at radius 3 is 2.36 bits per heavy atom. The number of anilines is 1. The maximum Gasteiger partial charge on any atom is 0.255 e. The fourth-order valence-electron chi connectivity index (χ4n) is 2.89. The van der Waals surface area contributed by atoms with E-state index in [0.717, 1.165) is 18.4 Å². The van der Waals surface area contributed by atoms with E-state index in [9.17, 15) is 9.59 Å². The third-order valence-corrected chi connectivity index (χ3v) is 4.50. The smallest absolute Gasteiger partial charge is 0.255 e. The highest BCUT2D eigenvalue weighted by Crippen LogP contribution is 2.33. The Kier molecular flexibility index (Phi) is 5.99. The fraction of sp³-hybridized carbons (Fsp3) is 0.273. The number of carbonyl (C=O) groups excluding carboxylic acids is 2. The van der Waals surface area contributed by atoms with Crippen molar-refractivity contribution in [3.8, 4) is 11.5 Å². The van der Waals surface area contributed by atoms with Gasteiger partial charge in [-0.1, -0.05) is 6.08 Å². The highest BCUT2D eigenvalue weighted by Gasteiger charge is 2.23. The zero-order valence-electron chi connectivity index (χ0n) is 16.1. The van der Waals surface area contributed by atoms with Gasteiger partial charge in [0.15, 0.2) is 11.5 Å². The number of hydrogen-bond acceptors (Lipinski definition) is 4. The molecule has 28 heavy (non-hydrogen) atoms. The summed E-state index contributed by atoms with van der Waals surface area (Å²) >= 11 is 0. The van der Waals surface area contributed by atoms with Crippen molar-refractivity contribution in [2.75, 3.05) is 19.5 Å². The van der Waals surface area contributed by atoms with Crippen LogP contribution >= 0.6 is 0 Å². The van der Waals surface area contributed by atoms with Crippen LogP contribution in [0.2, 0.25) is 0 Å². The molecular formula is C22H24N2O4. The van der Waals surface area contributed by atoms with Crippen molar-refractivity contribution < 1.29 is 19.1 Å². The SMILES string of the molecule is C=CCc1cc(C(=O)Nc2ccc(C(=O)NC3CC3)cc2)cc(OC)c1OC. The van der Waals surface area contributed by atoms with Crippen LogP contribution in [-0.4, -0.2) is 32.1 Å². The molecule has 0 saturated heterocycles. The van der Waals surface area contributed by atoms with Gasteiger partial charge in [0.05, 0.1) is 14.2 Å². The van der Waals surface area contributed by atoms with E-state index in [0.29, 0.717) is 40.8 Å². The van der Waals surface area contributed by atoms with Gasteiger partial charge < -0.3 is 20.1 Å². The van der Waals surface area contributed by atoms with Crippen molar-refractivity contribution in [1.29, 1.82) is 0 Å². The summed E-state index contributed by atoms with van der Waals surface area (Å²) in [6.45, 7) is 3.74. The first-order chi connectivity index (χ1) is 13.5. The minimum absolute atomic E-state index is 0.0886. The molecule has 0 heterocycles. The summed E-state index contributed by atoms with van der Waals surface area (Å²) in [5, 5.41) is 5.78. The van der Waals surface area contributed by atoms with Crippen LogP contribution in [0.15, 0.2) is 49.1 Å². The topological polar surface area (TPSA) is 76.7 Å². The average molecular weight is 380 g/mol. The molecule has 0 atom stereocenters. The van der Waals surface area contributed by atoms with Crippen LogP contribution in [0, 0.1) is 0 Å². The number of benzene rings is 2. The van der Waals surface area contributed by atoms with Gasteiger partial charge in [0.1, 0.15) is 0 Å². The van der Waals surface area contributed by atoms with Gasteiger partial charge >= 0.3 is 0 Å². The summed E-state index contributed by atoms with van der Waals surface area (Å²) < 4.78 is 10.8. The van der Waals surface area contributed by atoms with Gasteiger partial charge in [-0.25, -0.2) is 0 Å². The van der Waals surface area contributed by atoms with Crippen LogP contribution < -0.4 is 20.1 Å². The van der Waals surface area contributed by atoms with Gasteiger partial charge in [0, 0.05) is 28.4 Å². The maximum atomic E-state index is 12.7. The highest BCUT2D eigenvalue weighted by molar-refractivity contribution is 6.05. The normalized spacial score (nSPS) is 12.8. The minimum atomic E-state index is -0.276. The van der Waals surface area contributed by atoms with Crippen molar-refractivity contribution in [1.82, 2.24) is 5.32 Å². The molecule has 0 spiro atoms. The third-order valence-electron chi connectivity index (χ3n) is 4.50. The zero-order valence-corrected chi connectivity index (χ0v) is 16.1. The molecule has 0 aliphatic heterocycles. The van der Waals surface area contributed by atoms with Gasteiger partial charge in [0.25, 0.3) is 11.8 Å². The molecule has 0 aromatic heterocycles. The summed E-state index contributed by atoms with van der Waals surface area (Å²) in [5.41, 5.74) is 2.44. The number of ether oxygens (including phenoxy) is 2. The Bertz CT molecular complexity index is 886. The van der Waals surface area contributed by atoms with E-state index >= 15 is 0 Å². The lowest BCUT2D eigenvalue weighted by molar-refractivity contribution is 0.0950. The van der Waals surface area contributed by atoms with Crippen molar-refractivity contribution in [3.63, 3.8) is 0 Å². The summed E-state index contributed by atoms with van der Waals surface area (Å²) in [6.07, 6.45) is 4.37. The lowest BCUT2D eigenvalue weighted by atomic mass is 10.0. The maximum absolute atomic E-state index is 12.7. The van der Waals surface area contributed by atoms with Gasteiger partial charge in [-0.05, 0) is 55.7 Å². The van der Waals surface area contributed by atoms with E-state index in [1.165, 1.54) is 7.11 Å². The minimum Gasteiger partial charge on any atom is -0.493 e. The number of methoxy groups -OCH3 is 2. The Balaban J connectivity index is 1.75. The Hall–Kier alpha value is -3.28. The standard InChI is InChI=1S/C22H24N2O4/c1-4-5-15-12-16(13-19(27-2)20(15)28-3)22(26)24-17-8-6-14(7-9-17)21(25)23-18-10-11-18/h4,6-9,12-13,18H,1,5,10-11H2,2-3H3,(H,23,25)(H,24,26). The molecule has 1 fully saturated rings. The summed E-state index contributed by atoms with van der Waals surface area (Å²) in [4.78, 5) is 24.7. The molecule has 0 radical (unpaired) electrons. The molecule has 3 rings (SSSR count). The molecule has 2 aromatic carbocycles. The van der Waals surface area contributed by atoms with Crippen LogP contribution in [0.3, 0.4) is 0 Å². The van der Waals surface area contributed by atoms with Gasteiger partial charge in [0.2, 0.25) is 0 Å². The van der Waals surface area contributed by atoms with E-state index in [2.05, 4.69) is 17.2 Å². The van der Waals surface area contributed by atoms with Crippen LogP contribution in [0.25, 0.3) is 0 Å². The first-order valence-corrected chi connectivity index (χ1v) is 9.13. The molecule has 0 unspecified atom stereocenters. The molecule has 6 nitrogen and oxygen atoms in total. The lowest BCUT2D eigenvalue weighted by Gasteiger charge is -2.14. The summed E-state index contributed by atoms with van der Waals surface area (Å²) in [7, 11) is 3.09. The molecule has 2 amide bonds. The van der Waals surface area contributed by atoms with E-state index in [4.69, 9.17) is 9.47 Å². The van der Waals surface area contributed by atoms with Crippen LogP contribution in [0.5, 0.6) is 11.5 Å². The predicted octanol–water partition coefficient (Wildman–Crippen LogP) is 3.58. The molecule has 6 heteroatoms. The second kappa shape index (κ2) is 8.61. The van der Waals surface area contributed by atoms with Crippen molar-refractivity contribution >= 4 is 17.5 Å². The van der Waals surface area contributed by atoms with Gasteiger partial charge in [-0.2, -0.15) is 0 Å². The number of allylic oxidation sites excluding steroid dienone is 1. The second-order valence-corrected chi connectivity index (χ2v) is 6.64. The van der Waals surface area contributed by atoms with Gasteiger partial charge in [-0.3, -0.25) is 9.59 Å². The van der Waals surface area contributed by atoms with Crippen LogP contribution in [-0.2, 0) is 6.42 Å². The third kappa shape index (κ3) is 4.52. The molecule has 1 aliphatic carbocycles. The average Bonchev–Trinajstić information content (AvgIpc) is 3.52. The quantitative estimate of drug-likeness (QED) is 0.687. The molecule has 0 bridgehead atoms. The van der Waals surface area contributed by atoms with Gasteiger partial charge in [-0.15, -0.1) is 6.58 Å². The van der Waals surface area contributed by atoms with E-state index in [1.807, 2.05) is 0 Å². The molecule has 1 saturated carbocycles. The molecule has 146 valence electrons. The fourth-order valence-corrected chi connectivity index (χ4v) is 2.89. The molecular weight excluding hydrogens is 356 g/mol. The molecule has 2 N–H and O–H groups in total.